The second-order valence-electron chi connectivity index (χ2n) is 4.36. The predicted molar refractivity (Wildman–Crippen MR) is 63.7 cm³/mol. The molecule has 4 nitrogen and oxygen atoms in total. The average Bonchev–Trinajstić information content (AvgIpc) is 2.18. The van der Waals surface area contributed by atoms with Gasteiger partial charge in [-0.25, -0.2) is 4.98 Å². The van der Waals surface area contributed by atoms with Gasteiger partial charge in [0.25, 0.3) is 0 Å². The molecule has 0 aliphatic heterocycles. The SMILES string of the molecule is Cc1cnc(N)nc1NCC(C)C(C)C. The Morgan fingerprint density at radius 1 is 1.40 bits per heavy atom. The number of nitrogens with two attached hydrogens (primary N) is 1. The Hall–Kier alpha value is -1.32. The van der Waals surface area contributed by atoms with Crippen LogP contribution in [-0.2, 0) is 0 Å². The smallest absolute Gasteiger partial charge is 0.221 e. The van der Waals surface area contributed by atoms with E-state index < -0.39 is 0 Å². The Bertz CT molecular complexity index is 322. The molecule has 15 heavy (non-hydrogen) atoms. The number of anilines is 2. The highest BCUT2D eigenvalue weighted by Gasteiger charge is 2.08. The van der Waals surface area contributed by atoms with Crippen LogP contribution in [0.4, 0.5) is 11.8 Å². The van der Waals surface area contributed by atoms with Crippen molar-refractivity contribution in [1.82, 2.24) is 9.97 Å². The standard InChI is InChI=1S/C11H20N4/c1-7(2)8(3)5-13-10-9(4)6-14-11(12)15-10/h6-8H,5H2,1-4H3,(H3,12,13,14,15). The Morgan fingerprint density at radius 3 is 2.67 bits per heavy atom. The van der Waals surface area contributed by atoms with Crippen LogP contribution in [0.3, 0.4) is 0 Å². The van der Waals surface area contributed by atoms with Gasteiger partial charge in [0, 0.05) is 18.3 Å². The van der Waals surface area contributed by atoms with E-state index in [2.05, 4.69) is 36.1 Å². The summed E-state index contributed by atoms with van der Waals surface area (Å²) in [6.45, 7) is 9.54. The van der Waals surface area contributed by atoms with E-state index in [4.69, 9.17) is 5.73 Å². The monoisotopic (exact) mass is 208 g/mol. The molecule has 1 heterocycles. The molecular weight excluding hydrogens is 188 g/mol. The highest BCUT2D eigenvalue weighted by molar-refractivity contribution is 5.44. The van der Waals surface area contributed by atoms with Crippen LogP contribution in [0.5, 0.6) is 0 Å². The second-order valence-corrected chi connectivity index (χ2v) is 4.36. The van der Waals surface area contributed by atoms with Crippen molar-refractivity contribution in [2.45, 2.75) is 27.7 Å². The zero-order valence-electron chi connectivity index (χ0n) is 9.91. The van der Waals surface area contributed by atoms with Gasteiger partial charge in [0.2, 0.25) is 5.95 Å². The van der Waals surface area contributed by atoms with E-state index in [0.717, 1.165) is 17.9 Å². The number of aromatic nitrogens is 2. The maximum atomic E-state index is 5.53. The third-order valence-electron chi connectivity index (χ3n) is 2.72. The van der Waals surface area contributed by atoms with E-state index in [1.54, 1.807) is 6.20 Å². The minimum Gasteiger partial charge on any atom is -0.369 e. The van der Waals surface area contributed by atoms with Gasteiger partial charge in [-0.3, -0.25) is 0 Å². The number of rotatable bonds is 4. The Morgan fingerprint density at radius 2 is 2.07 bits per heavy atom. The minimum absolute atomic E-state index is 0.320. The van der Waals surface area contributed by atoms with Crippen molar-refractivity contribution in [3.8, 4) is 0 Å². The summed E-state index contributed by atoms with van der Waals surface area (Å²) in [5.41, 5.74) is 6.56. The molecule has 1 aromatic heterocycles. The van der Waals surface area contributed by atoms with E-state index >= 15 is 0 Å². The van der Waals surface area contributed by atoms with E-state index in [0.29, 0.717) is 17.8 Å². The van der Waals surface area contributed by atoms with Gasteiger partial charge in [-0.1, -0.05) is 20.8 Å². The lowest BCUT2D eigenvalue weighted by molar-refractivity contribution is 0.439. The zero-order valence-corrected chi connectivity index (χ0v) is 9.91. The predicted octanol–water partition coefficient (Wildman–Crippen LogP) is 2.07. The van der Waals surface area contributed by atoms with Gasteiger partial charge in [0.15, 0.2) is 0 Å². The number of nitrogens with zero attached hydrogens (tertiary/aromatic N) is 2. The highest BCUT2D eigenvalue weighted by atomic mass is 15.1. The Kier molecular flexibility index (Phi) is 3.88. The van der Waals surface area contributed by atoms with Crippen LogP contribution >= 0.6 is 0 Å². The summed E-state index contributed by atoms with van der Waals surface area (Å²) in [4.78, 5) is 8.09. The molecule has 1 atom stereocenters. The fraction of sp³-hybridized carbons (Fsp3) is 0.636. The Balaban J connectivity index is 2.61. The van der Waals surface area contributed by atoms with Gasteiger partial charge in [0.05, 0.1) is 0 Å². The lowest BCUT2D eigenvalue weighted by Crippen LogP contribution is -2.17. The van der Waals surface area contributed by atoms with Crippen LogP contribution in [0.15, 0.2) is 6.20 Å². The first kappa shape index (κ1) is 11.8. The van der Waals surface area contributed by atoms with Crippen LogP contribution in [0, 0.1) is 18.8 Å². The number of nitrogen functional groups attached to an aromatic ring is 1. The van der Waals surface area contributed by atoms with Gasteiger partial charge in [-0.15, -0.1) is 0 Å². The molecule has 0 radical (unpaired) electrons. The first-order chi connectivity index (χ1) is 7.00. The van der Waals surface area contributed by atoms with E-state index in [1.165, 1.54) is 0 Å². The van der Waals surface area contributed by atoms with Crippen LogP contribution in [-0.4, -0.2) is 16.5 Å². The van der Waals surface area contributed by atoms with E-state index in [9.17, 15) is 0 Å². The molecule has 0 saturated heterocycles. The van der Waals surface area contributed by atoms with Crippen molar-refractivity contribution in [1.29, 1.82) is 0 Å². The molecule has 0 saturated carbocycles. The first-order valence-corrected chi connectivity index (χ1v) is 5.33. The summed E-state index contributed by atoms with van der Waals surface area (Å²) in [5, 5.41) is 3.30. The minimum atomic E-state index is 0.320. The number of hydrogen-bond acceptors (Lipinski definition) is 4. The largest absolute Gasteiger partial charge is 0.369 e. The zero-order chi connectivity index (χ0) is 11.4. The maximum absolute atomic E-state index is 5.53. The number of aryl methyl sites for hydroxylation is 1. The number of nitrogens with one attached hydrogen (secondary N) is 1. The van der Waals surface area contributed by atoms with E-state index in [-0.39, 0.29) is 0 Å². The molecular formula is C11H20N4. The molecule has 0 aliphatic carbocycles. The molecule has 3 N–H and O–H groups in total. The molecule has 0 spiro atoms. The molecule has 0 amide bonds. The van der Waals surface area contributed by atoms with Gasteiger partial charge >= 0.3 is 0 Å². The first-order valence-electron chi connectivity index (χ1n) is 5.33. The summed E-state index contributed by atoms with van der Waals surface area (Å²) in [5.74, 6) is 2.44. The third-order valence-corrected chi connectivity index (χ3v) is 2.72. The van der Waals surface area contributed by atoms with Crippen molar-refractivity contribution in [2.75, 3.05) is 17.6 Å². The normalized spacial score (nSPS) is 12.9. The van der Waals surface area contributed by atoms with E-state index in [1.807, 2.05) is 6.92 Å². The van der Waals surface area contributed by atoms with Crippen LogP contribution in [0.1, 0.15) is 26.3 Å². The Labute approximate surface area is 91.3 Å². The molecule has 0 aliphatic rings. The molecule has 0 aromatic carbocycles. The van der Waals surface area contributed by atoms with Crippen molar-refractivity contribution < 1.29 is 0 Å². The van der Waals surface area contributed by atoms with Crippen molar-refractivity contribution >= 4 is 11.8 Å². The lowest BCUT2D eigenvalue weighted by atomic mass is 9.98. The van der Waals surface area contributed by atoms with Crippen LogP contribution < -0.4 is 11.1 Å². The molecule has 0 bridgehead atoms. The molecule has 0 fully saturated rings. The quantitative estimate of drug-likeness (QED) is 0.795. The van der Waals surface area contributed by atoms with Crippen molar-refractivity contribution in [3.63, 3.8) is 0 Å². The summed E-state index contributed by atoms with van der Waals surface area (Å²) in [6, 6.07) is 0. The summed E-state index contributed by atoms with van der Waals surface area (Å²) in [6.07, 6.45) is 1.74. The van der Waals surface area contributed by atoms with Crippen LogP contribution in [0.2, 0.25) is 0 Å². The number of hydrogen-bond donors (Lipinski definition) is 2. The summed E-state index contributed by atoms with van der Waals surface area (Å²) in [7, 11) is 0. The fourth-order valence-corrected chi connectivity index (χ4v) is 1.13. The van der Waals surface area contributed by atoms with Gasteiger partial charge in [0.1, 0.15) is 5.82 Å². The maximum Gasteiger partial charge on any atom is 0.221 e. The van der Waals surface area contributed by atoms with Crippen LogP contribution in [0.25, 0.3) is 0 Å². The molecule has 1 aromatic rings. The summed E-state index contributed by atoms with van der Waals surface area (Å²) < 4.78 is 0. The molecule has 1 unspecified atom stereocenters. The van der Waals surface area contributed by atoms with Gasteiger partial charge in [-0.2, -0.15) is 4.98 Å². The second kappa shape index (κ2) is 4.96. The highest BCUT2D eigenvalue weighted by Crippen LogP contribution is 2.14. The topological polar surface area (TPSA) is 63.8 Å². The molecule has 84 valence electrons. The van der Waals surface area contributed by atoms with Gasteiger partial charge in [-0.05, 0) is 18.8 Å². The summed E-state index contributed by atoms with van der Waals surface area (Å²) >= 11 is 0. The average molecular weight is 208 g/mol. The van der Waals surface area contributed by atoms with Crippen molar-refractivity contribution in [2.24, 2.45) is 11.8 Å². The fourth-order valence-electron chi connectivity index (χ4n) is 1.13. The van der Waals surface area contributed by atoms with Gasteiger partial charge < -0.3 is 11.1 Å². The third kappa shape index (κ3) is 3.38. The van der Waals surface area contributed by atoms with Crippen molar-refractivity contribution in [3.05, 3.63) is 11.8 Å². The molecule has 1 rings (SSSR count). The lowest BCUT2D eigenvalue weighted by Gasteiger charge is -2.17. The molecule has 4 heteroatoms.